The van der Waals surface area contributed by atoms with Gasteiger partial charge in [0.1, 0.15) is 5.75 Å². The highest BCUT2D eigenvalue weighted by molar-refractivity contribution is 6.39. The van der Waals surface area contributed by atoms with Gasteiger partial charge in [-0.1, -0.05) is 18.2 Å². The lowest BCUT2D eigenvalue weighted by atomic mass is 10.3. The van der Waals surface area contributed by atoms with E-state index in [2.05, 4.69) is 22.7 Å². The Labute approximate surface area is 115 Å². The van der Waals surface area contributed by atoms with E-state index < -0.39 is 11.8 Å². The molecule has 0 aliphatic heterocycles. The van der Waals surface area contributed by atoms with Crippen molar-refractivity contribution in [1.29, 1.82) is 0 Å². The molecule has 0 saturated heterocycles. The van der Waals surface area contributed by atoms with Crippen molar-refractivity contribution < 1.29 is 14.3 Å². The molecule has 0 fully saturated rings. The molecule has 3 N–H and O–H groups in total. The molecule has 19 heavy (non-hydrogen) atoms. The third-order valence-electron chi connectivity index (χ3n) is 2.01. The molecule has 0 radical (unpaired) electrons. The first-order valence-corrected chi connectivity index (χ1v) is 5.68. The number of anilines is 1. The monoisotopic (exact) mass is 283 g/mol. The summed E-state index contributed by atoms with van der Waals surface area (Å²) in [4.78, 5) is 22.9. The Kier molecular flexibility index (Phi) is 5.20. The summed E-state index contributed by atoms with van der Waals surface area (Å²) < 4.78 is 4.97. The highest BCUT2D eigenvalue weighted by Crippen LogP contribution is 2.27. The predicted molar refractivity (Wildman–Crippen MR) is 72.7 cm³/mol. The Bertz CT molecular complexity index is 517. The van der Waals surface area contributed by atoms with Crippen LogP contribution in [0.15, 0.2) is 30.5 Å². The first kappa shape index (κ1) is 14.8. The van der Waals surface area contributed by atoms with Crippen molar-refractivity contribution in [2.75, 3.05) is 12.4 Å². The van der Waals surface area contributed by atoms with Crippen molar-refractivity contribution in [1.82, 2.24) is 10.9 Å². The summed E-state index contributed by atoms with van der Waals surface area (Å²) in [5, 5.41) is 2.73. The van der Waals surface area contributed by atoms with Crippen LogP contribution >= 0.6 is 11.6 Å². The molecule has 0 atom stereocenters. The average Bonchev–Trinajstić information content (AvgIpc) is 2.36. The number of allylic oxidation sites excluding steroid dienone is 1. The molecule has 0 aromatic heterocycles. The summed E-state index contributed by atoms with van der Waals surface area (Å²) in [7, 11) is 1.48. The summed E-state index contributed by atoms with van der Waals surface area (Å²) in [5.74, 6) is -1.18. The van der Waals surface area contributed by atoms with E-state index >= 15 is 0 Å². The van der Waals surface area contributed by atoms with Crippen LogP contribution in [0.2, 0.25) is 5.02 Å². The summed E-state index contributed by atoms with van der Waals surface area (Å²) >= 11 is 5.89. The number of ether oxygens (including phenoxy) is 1. The first-order valence-electron chi connectivity index (χ1n) is 5.30. The summed E-state index contributed by atoms with van der Waals surface area (Å²) in [6, 6.07) is 4.64. The molecule has 0 unspecified atom stereocenters. The molecule has 7 heteroatoms. The van der Waals surface area contributed by atoms with E-state index in [0.717, 1.165) is 0 Å². The minimum absolute atomic E-state index is 0.334. The topological polar surface area (TPSA) is 79.5 Å². The fourth-order valence-electron chi connectivity index (χ4n) is 1.15. The van der Waals surface area contributed by atoms with Crippen LogP contribution in [0.4, 0.5) is 5.69 Å². The first-order chi connectivity index (χ1) is 8.93. The number of carbonyl (C=O) groups excluding carboxylic acids is 2. The van der Waals surface area contributed by atoms with Gasteiger partial charge in [-0.2, -0.15) is 0 Å². The smallest absolute Gasteiger partial charge is 0.327 e. The third kappa shape index (κ3) is 4.51. The third-order valence-corrected chi connectivity index (χ3v) is 2.30. The number of nitrogens with one attached hydrogen (secondary N) is 3. The van der Waals surface area contributed by atoms with Gasteiger partial charge in [-0.15, -0.1) is 0 Å². The Morgan fingerprint density at radius 3 is 2.47 bits per heavy atom. The van der Waals surface area contributed by atoms with Crippen LogP contribution in [0.3, 0.4) is 0 Å². The van der Waals surface area contributed by atoms with Gasteiger partial charge in [0.2, 0.25) is 0 Å². The molecule has 0 aliphatic rings. The molecule has 1 aromatic carbocycles. The van der Waals surface area contributed by atoms with E-state index in [0.29, 0.717) is 22.2 Å². The molecular formula is C12H14ClN3O3. The van der Waals surface area contributed by atoms with Crippen molar-refractivity contribution in [3.63, 3.8) is 0 Å². The van der Waals surface area contributed by atoms with E-state index in [1.54, 1.807) is 19.1 Å². The zero-order valence-electron chi connectivity index (χ0n) is 10.5. The number of methoxy groups -OCH3 is 1. The van der Waals surface area contributed by atoms with E-state index in [4.69, 9.17) is 16.3 Å². The summed E-state index contributed by atoms with van der Waals surface area (Å²) in [6.07, 6.45) is 0. The molecule has 1 aromatic rings. The van der Waals surface area contributed by atoms with Crippen molar-refractivity contribution in [2.24, 2.45) is 0 Å². The van der Waals surface area contributed by atoms with Gasteiger partial charge >= 0.3 is 11.8 Å². The largest absolute Gasteiger partial charge is 0.495 e. The SMILES string of the molecule is C=C(C)NNC(=O)C(=O)Nc1ccc(OC)c(Cl)c1. The fraction of sp³-hybridized carbons (Fsp3) is 0.167. The highest BCUT2D eigenvalue weighted by atomic mass is 35.5. The van der Waals surface area contributed by atoms with Crippen molar-refractivity contribution in [2.45, 2.75) is 6.92 Å². The van der Waals surface area contributed by atoms with Crippen LogP contribution < -0.4 is 20.9 Å². The molecule has 1 rings (SSSR count). The zero-order chi connectivity index (χ0) is 14.4. The highest BCUT2D eigenvalue weighted by Gasteiger charge is 2.13. The van der Waals surface area contributed by atoms with E-state index in [1.165, 1.54) is 13.2 Å². The van der Waals surface area contributed by atoms with Gasteiger partial charge in [0.15, 0.2) is 0 Å². The quantitative estimate of drug-likeness (QED) is 0.577. The van der Waals surface area contributed by atoms with Gasteiger partial charge in [0, 0.05) is 11.4 Å². The van der Waals surface area contributed by atoms with Gasteiger partial charge in [-0.25, -0.2) is 0 Å². The van der Waals surface area contributed by atoms with Crippen molar-refractivity contribution in [3.05, 3.63) is 35.5 Å². The lowest BCUT2D eigenvalue weighted by Crippen LogP contribution is -2.42. The number of carbonyl (C=O) groups is 2. The van der Waals surface area contributed by atoms with E-state index in [1.807, 2.05) is 0 Å². The van der Waals surface area contributed by atoms with Crippen LogP contribution in [-0.4, -0.2) is 18.9 Å². The van der Waals surface area contributed by atoms with Crippen LogP contribution in [0.25, 0.3) is 0 Å². The molecule has 102 valence electrons. The summed E-state index contributed by atoms with van der Waals surface area (Å²) in [5.41, 5.74) is 5.52. The van der Waals surface area contributed by atoms with Crippen LogP contribution in [-0.2, 0) is 9.59 Å². The van der Waals surface area contributed by atoms with Crippen LogP contribution in [0, 0.1) is 0 Å². The molecule has 0 bridgehead atoms. The Balaban J connectivity index is 2.64. The zero-order valence-corrected chi connectivity index (χ0v) is 11.3. The number of hydrazine groups is 1. The second kappa shape index (κ2) is 6.65. The minimum Gasteiger partial charge on any atom is -0.495 e. The van der Waals surface area contributed by atoms with Gasteiger partial charge in [0.05, 0.1) is 12.1 Å². The van der Waals surface area contributed by atoms with Gasteiger partial charge in [-0.05, 0) is 25.1 Å². The predicted octanol–water partition coefficient (Wildman–Crippen LogP) is 1.44. The Morgan fingerprint density at radius 2 is 1.95 bits per heavy atom. The molecule has 0 heterocycles. The lowest BCUT2D eigenvalue weighted by molar-refractivity contribution is -0.136. The number of amides is 2. The molecule has 6 nitrogen and oxygen atoms in total. The van der Waals surface area contributed by atoms with E-state index in [9.17, 15) is 9.59 Å². The molecule has 2 amide bonds. The molecular weight excluding hydrogens is 270 g/mol. The fourth-order valence-corrected chi connectivity index (χ4v) is 1.41. The molecule has 0 spiro atoms. The normalized spacial score (nSPS) is 9.42. The Hall–Kier alpha value is -2.21. The average molecular weight is 284 g/mol. The number of benzene rings is 1. The minimum atomic E-state index is -0.838. The summed E-state index contributed by atoms with van der Waals surface area (Å²) in [6.45, 7) is 5.15. The second-order valence-electron chi connectivity index (χ2n) is 3.66. The number of hydrogen-bond donors (Lipinski definition) is 3. The van der Waals surface area contributed by atoms with Crippen LogP contribution in [0.1, 0.15) is 6.92 Å². The standard InChI is InChI=1S/C12H14ClN3O3/c1-7(2)15-16-12(18)11(17)14-8-4-5-10(19-3)9(13)6-8/h4-6,15H,1H2,2-3H3,(H,14,17)(H,16,18). The van der Waals surface area contributed by atoms with Gasteiger partial charge in [0.25, 0.3) is 0 Å². The molecule has 0 aliphatic carbocycles. The maximum atomic E-state index is 11.5. The van der Waals surface area contributed by atoms with Gasteiger partial charge < -0.3 is 15.5 Å². The maximum absolute atomic E-state index is 11.5. The van der Waals surface area contributed by atoms with Crippen molar-refractivity contribution >= 4 is 29.1 Å². The Morgan fingerprint density at radius 1 is 1.26 bits per heavy atom. The van der Waals surface area contributed by atoms with Crippen molar-refractivity contribution in [3.8, 4) is 5.75 Å². The second-order valence-corrected chi connectivity index (χ2v) is 4.07. The number of halogens is 1. The lowest BCUT2D eigenvalue weighted by Gasteiger charge is -2.09. The molecule has 0 saturated carbocycles. The number of hydrogen-bond acceptors (Lipinski definition) is 4. The van der Waals surface area contributed by atoms with Gasteiger partial charge in [-0.3, -0.25) is 15.0 Å². The van der Waals surface area contributed by atoms with Crippen LogP contribution in [0.5, 0.6) is 5.75 Å². The van der Waals surface area contributed by atoms with E-state index in [-0.39, 0.29) is 0 Å². The maximum Gasteiger partial charge on any atom is 0.327 e. The number of rotatable bonds is 4.